The zero-order valence-corrected chi connectivity index (χ0v) is 19.2. The molecule has 2 unspecified atom stereocenters. The van der Waals surface area contributed by atoms with Crippen molar-refractivity contribution in [2.75, 3.05) is 18.0 Å². The largest absolute Gasteiger partial charge is 0.480 e. The van der Waals surface area contributed by atoms with Gasteiger partial charge in [0.1, 0.15) is 11.7 Å². The minimum atomic E-state index is -1.02. The molecule has 0 aromatic heterocycles. The summed E-state index contributed by atoms with van der Waals surface area (Å²) < 4.78 is 0. The van der Waals surface area contributed by atoms with Crippen LogP contribution in [0.4, 0.5) is 11.4 Å². The Morgan fingerprint density at radius 2 is 1.73 bits per heavy atom. The number of carbonyl (C=O) groups excluding carboxylic acids is 1. The zero-order valence-electron chi connectivity index (χ0n) is 17.7. The summed E-state index contributed by atoms with van der Waals surface area (Å²) in [7, 11) is 0. The molecule has 2 aliphatic heterocycles. The summed E-state index contributed by atoms with van der Waals surface area (Å²) >= 11 is 12.4. The fourth-order valence-electron chi connectivity index (χ4n) is 4.89. The van der Waals surface area contributed by atoms with Gasteiger partial charge < -0.3 is 14.9 Å². The van der Waals surface area contributed by atoms with Crippen molar-refractivity contribution in [1.29, 1.82) is 0 Å². The molecule has 174 valence electrons. The number of rotatable bonds is 5. The highest BCUT2D eigenvalue weighted by Gasteiger charge is 2.44. The number of hydrogen-bond donors (Lipinski definition) is 1. The van der Waals surface area contributed by atoms with Gasteiger partial charge >= 0.3 is 5.97 Å². The summed E-state index contributed by atoms with van der Waals surface area (Å²) in [4.78, 5) is 39.8. The number of anilines is 1. The van der Waals surface area contributed by atoms with Crippen molar-refractivity contribution >= 4 is 46.5 Å². The van der Waals surface area contributed by atoms with E-state index in [1.165, 1.54) is 17.0 Å². The standard InChI is InChI=1S/C23H23Cl2N3O5/c24-15-5-6-19(28(32)33)21(13-15)26-11-9-14(10-12-26)22(29)27-18(7-8-20(27)23(30)31)16-3-1-2-4-17(16)25/h1-6,13-14,18,20H,7-12H2,(H,30,31). The van der Waals surface area contributed by atoms with Crippen LogP contribution >= 0.6 is 23.2 Å². The maximum Gasteiger partial charge on any atom is 0.326 e. The number of hydrogen-bond acceptors (Lipinski definition) is 5. The van der Waals surface area contributed by atoms with Gasteiger partial charge in [0, 0.05) is 35.1 Å². The van der Waals surface area contributed by atoms with Gasteiger partial charge in [-0.2, -0.15) is 0 Å². The average Bonchev–Trinajstić information content (AvgIpc) is 3.24. The van der Waals surface area contributed by atoms with E-state index in [9.17, 15) is 24.8 Å². The molecular formula is C23H23Cl2N3O5. The molecule has 1 amide bonds. The molecule has 0 bridgehead atoms. The number of carboxylic acid groups (broad SMARTS) is 1. The van der Waals surface area contributed by atoms with Gasteiger partial charge in [-0.15, -0.1) is 0 Å². The normalized spacial score (nSPS) is 21.3. The van der Waals surface area contributed by atoms with E-state index < -0.39 is 16.9 Å². The van der Waals surface area contributed by atoms with Crippen molar-refractivity contribution in [3.63, 3.8) is 0 Å². The number of nitrogens with zero attached hydrogens (tertiary/aromatic N) is 3. The quantitative estimate of drug-likeness (QED) is 0.469. The first kappa shape index (κ1) is 23.3. The topological polar surface area (TPSA) is 104 Å². The molecule has 8 nitrogen and oxygen atoms in total. The summed E-state index contributed by atoms with van der Waals surface area (Å²) in [5.74, 6) is -1.60. The van der Waals surface area contributed by atoms with Gasteiger partial charge in [-0.3, -0.25) is 14.9 Å². The predicted octanol–water partition coefficient (Wildman–Crippen LogP) is 4.93. The smallest absolute Gasteiger partial charge is 0.326 e. The lowest BCUT2D eigenvalue weighted by atomic mass is 9.93. The maximum atomic E-state index is 13.6. The molecule has 2 aliphatic rings. The maximum absolute atomic E-state index is 13.6. The Labute approximate surface area is 200 Å². The molecule has 2 fully saturated rings. The molecule has 2 aromatic carbocycles. The van der Waals surface area contributed by atoms with Gasteiger partial charge in [0.25, 0.3) is 5.69 Å². The predicted molar refractivity (Wildman–Crippen MR) is 125 cm³/mol. The van der Waals surface area contributed by atoms with Crippen molar-refractivity contribution in [3.8, 4) is 0 Å². The lowest BCUT2D eigenvalue weighted by Crippen LogP contribution is -2.47. The van der Waals surface area contributed by atoms with E-state index in [0.29, 0.717) is 54.5 Å². The molecule has 2 heterocycles. The summed E-state index contributed by atoms with van der Waals surface area (Å²) in [5, 5.41) is 22.1. The zero-order chi connectivity index (χ0) is 23.7. The van der Waals surface area contributed by atoms with Gasteiger partial charge in [-0.1, -0.05) is 41.4 Å². The SMILES string of the molecule is O=C(O)C1CCC(c2ccccc2Cl)N1C(=O)C1CCN(c2cc(Cl)ccc2[N+](=O)[O-])CC1. The molecule has 33 heavy (non-hydrogen) atoms. The Bertz CT molecular complexity index is 1090. The minimum absolute atomic E-state index is 0.0338. The monoisotopic (exact) mass is 491 g/mol. The first-order chi connectivity index (χ1) is 15.8. The van der Waals surface area contributed by atoms with Crippen LogP contribution < -0.4 is 4.90 Å². The Hall–Kier alpha value is -2.84. The number of nitro groups is 1. The van der Waals surface area contributed by atoms with Crippen molar-refractivity contribution < 1.29 is 19.6 Å². The van der Waals surface area contributed by atoms with Crippen LogP contribution in [0.25, 0.3) is 0 Å². The Balaban J connectivity index is 1.53. The highest BCUT2D eigenvalue weighted by atomic mass is 35.5. The molecule has 0 saturated carbocycles. The van der Waals surface area contributed by atoms with Crippen LogP contribution in [0.3, 0.4) is 0 Å². The van der Waals surface area contributed by atoms with Gasteiger partial charge in [-0.05, 0) is 49.4 Å². The third-order valence-electron chi connectivity index (χ3n) is 6.51. The number of aliphatic carboxylic acids is 1. The number of piperidine rings is 1. The highest BCUT2D eigenvalue weighted by molar-refractivity contribution is 6.31. The molecule has 0 spiro atoms. The molecule has 10 heteroatoms. The van der Waals surface area contributed by atoms with E-state index in [2.05, 4.69) is 0 Å². The van der Waals surface area contributed by atoms with Crippen LogP contribution in [0.1, 0.15) is 37.3 Å². The molecular weight excluding hydrogens is 469 g/mol. The van der Waals surface area contributed by atoms with Crippen LogP contribution in [-0.2, 0) is 9.59 Å². The van der Waals surface area contributed by atoms with Gasteiger partial charge in [0.2, 0.25) is 5.91 Å². The lowest BCUT2D eigenvalue weighted by Gasteiger charge is -2.37. The number of benzene rings is 2. The number of likely N-dealkylation sites (tertiary alicyclic amines) is 1. The third-order valence-corrected chi connectivity index (χ3v) is 7.09. The van der Waals surface area contributed by atoms with E-state index in [0.717, 1.165) is 5.56 Å². The fourth-order valence-corrected chi connectivity index (χ4v) is 5.32. The molecule has 0 radical (unpaired) electrons. The van der Waals surface area contributed by atoms with Crippen LogP contribution in [0.2, 0.25) is 10.0 Å². The van der Waals surface area contributed by atoms with Crippen LogP contribution in [0.5, 0.6) is 0 Å². The Morgan fingerprint density at radius 3 is 2.36 bits per heavy atom. The van der Waals surface area contributed by atoms with E-state index >= 15 is 0 Å². The first-order valence-corrected chi connectivity index (χ1v) is 11.5. The fraction of sp³-hybridized carbons (Fsp3) is 0.391. The van der Waals surface area contributed by atoms with Gasteiger partial charge in [-0.25, -0.2) is 4.79 Å². The lowest BCUT2D eigenvalue weighted by molar-refractivity contribution is -0.384. The molecule has 2 atom stereocenters. The van der Waals surface area contributed by atoms with Crippen LogP contribution in [-0.4, -0.2) is 45.9 Å². The van der Waals surface area contributed by atoms with Gasteiger partial charge in [0.15, 0.2) is 0 Å². The first-order valence-electron chi connectivity index (χ1n) is 10.8. The van der Waals surface area contributed by atoms with Crippen molar-refractivity contribution in [2.24, 2.45) is 5.92 Å². The van der Waals surface area contributed by atoms with Crippen molar-refractivity contribution in [2.45, 2.75) is 37.8 Å². The molecule has 2 aromatic rings. The molecule has 2 saturated heterocycles. The second kappa shape index (κ2) is 9.57. The number of carbonyl (C=O) groups is 2. The van der Waals surface area contributed by atoms with Crippen molar-refractivity contribution in [3.05, 3.63) is 68.2 Å². The molecule has 1 N–H and O–H groups in total. The summed E-state index contributed by atoms with van der Waals surface area (Å²) in [6.07, 6.45) is 1.81. The number of carboxylic acids is 1. The minimum Gasteiger partial charge on any atom is -0.480 e. The Morgan fingerprint density at radius 1 is 1.03 bits per heavy atom. The van der Waals surface area contributed by atoms with E-state index in [1.807, 2.05) is 17.0 Å². The van der Waals surface area contributed by atoms with Crippen LogP contribution in [0, 0.1) is 16.0 Å². The highest BCUT2D eigenvalue weighted by Crippen LogP contribution is 2.41. The number of halogens is 2. The summed E-state index contributed by atoms with van der Waals surface area (Å²) in [6.45, 7) is 0.861. The summed E-state index contributed by atoms with van der Waals surface area (Å²) in [6, 6.07) is 10.3. The molecule has 4 rings (SSSR count). The second-order valence-corrected chi connectivity index (χ2v) is 9.21. The number of nitro benzene ring substituents is 1. The average molecular weight is 492 g/mol. The van der Waals surface area contributed by atoms with Crippen LogP contribution in [0.15, 0.2) is 42.5 Å². The van der Waals surface area contributed by atoms with E-state index in [4.69, 9.17) is 23.2 Å². The summed E-state index contributed by atoms with van der Waals surface area (Å²) in [5.41, 5.74) is 1.15. The van der Waals surface area contributed by atoms with Crippen molar-refractivity contribution in [1.82, 2.24) is 4.90 Å². The second-order valence-electron chi connectivity index (χ2n) is 8.37. The van der Waals surface area contributed by atoms with E-state index in [1.54, 1.807) is 18.2 Å². The Kier molecular flexibility index (Phi) is 6.76. The van der Waals surface area contributed by atoms with E-state index in [-0.39, 0.29) is 23.6 Å². The van der Waals surface area contributed by atoms with Gasteiger partial charge in [0.05, 0.1) is 11.0 Å². The third kappa shape index (κ3) is 4.63. The molecule has 0 aliphatic carbocycles. The number of amides is 1.